The van der Waals surface area contributed by atoms with E-state index in [9.17, 15) is 9.59 Å². The Labute approximate surface area is 202 Å². The lowest BCUT2D eigenvalue weighted by atomic mass is 9.98. The first-order valence-electron chi connectivity index (χ1n) is 11.2. The Kier molecular flexibility index (Phi) is 8.08. The highest BCUT2D eigenvalue weighted by molar-refractivity contribution is 7.98. The van der Waals surface area contributed by atoms with Crippen molar-refractivity contribution in [3.63, 3.8) is 0 Å². The lowest BCUT2D eigenvalue weighted by molar-refractivity contribution is -0.136. The third-order valence-electron chi connectivity index (χ3n) is 5.61. The summed E-state index contributed by atoms with van der Waals surface area (Å²) < 4.78 is 11.4. The summed E-state index contributed by atoms with van der Waals surface area (Å²) in [6, 6.07) is 14.7. The molecule has 0 aliphatic carbocycles. The highest BCUT2D eigenvalue weighted by atomic mass is 32.2. The third-order valence-corrected chi connectivity index (χ3v) is 6.59. The Hall–Kier alpha value is -3.46. The number of imidazole rings is 1. The van der Waals surface area contributed by atoms with E-state index in [0.717, 1.165) is 40.6 Å². The molecule has 2 N–H and O–H groups in total. The number of amides is 1. The summed E-state index contributed by atoms with van der Waals surface area (Å²) in [7, 11) is 0. The van der Waals surface area contributed by atoms with Gasteiger partial charge in [0, 0.05) is 31.2 Å². The van der Waals surface area contributed by atoms with E-state index >= 15 is 0 Å². The maximum Gasteiger partial charge on any atom is 0.415 e. The second-order valence-electron chi connectivity index (χ2n) is 8.15. The van der Waals surface area contributed by atoms with Crippen LogP contribution in [0.2, 0.25) is 0 Å². The van der Waals surface area contributed by atoms with Gasteiger partial charge in [0.2, 0.25) is 0 Å². The van der Waals surface area contributed by atoms with Gasteiger partial charge in [0.05, 0.1) is 13.0 Å². The number of thioether (sulfide) groups is 1. The van der Waals surface area contributed by atoms with Crippen molar-refractivity contribution in [3.8, 4) is 11.5 Å². The van der Waals surface area contributed by atoms with Crippen LogP contribution in [-0.2, 0) is 17.0 Å². The molecule has 0 atom stereocenters. The van der Waals surface area contributed by atoms with Crippen LogP contribution < -0.4 is 9.47 Å². The van der Waals surface area contributed by atoms with Gasteiger partial charge in [-0.25, -0.2) is 9.78 Å². The van der Waals surface area contributed by atoms with E-state index in [1.54, 1.807) is 53.3 Å². The molecule has 2 heterocycles. The van der Waals surface area contributed by atoms with Gasteiger partial charge in [-0.05, 0) is 54.2 Å². The van der Waals surface area contributed by atoms with Crippen LogP contribution in [0.25, 0.3) is 0 Å². The number of H-pyrrole nitrogens is 1. The van der Waals surface area contributed by atoms with Crippen LogP contribution in [0, 0.1) is 5.92 Å². The first-order chi connectivity index (χ1) is 16.5. The molecule has 0 radical (unpaired) electrons. The van der Waals surface area contributed by atoms with Gasteiger partial charge in [0.25, 0.3) is 0 Å². The van der Waals surface area contributed by atoms with Gasteiger partial charge in [-0.1, -0.05) is 36.0 Å². The van der Waals surface area contributed by atoms with Gasteiger partial charge in [0.15, 0.2) is 5.16 Å². The summed E-state index contributed by atoms with van der Waals surface area (Å²) in [4.78, 5) is 32.3. The fraction of sp³-hybridized carbons (Fsp3) is 0.320. The molecule has 8 nitrogen and oxygen atoms in total. The second kappa shape index (κ2) is 11.6. The molecule has 0 bridgehead atoms. The van der Waals surface area contributed by atoms with Gasteiger partial charge in [-0.3, -0.25) is 4.79 Å². The first-order valence-corrected chi connectivity index (χ1v) is 12.1. The number of carbonyl (C=O) groups excluding carboxylic acids is 1. The zero-order valence-electron chi connectivity index (χ0n) is 18.7. The van der Waals surface area contributed by atoms with Crippen LogP contribution in [0.1, 0.15) is 24.0 Å². The molecule has 4 rings (SSSR count). The number of carboxylic acids is 1. The third kappa shape index (κ3) is 7.02. The van der Waals surface area contributed by atoms with Crippen molar-refractivity contribution in [1.29, 1.82) is 0 Å². The molecule has 34 heavy (non-hydrogen) atoms. The number of carbonyl (C=O) groups is 2. The molecule has 0 spiro atoms. The number of likely N-dealkylation sites (tertiary alicyclic amines) is 1. The average Bonchev–Trinajstić information content (AvgIpc) is 3.37. The summed E-state index contributed by atoms with van der Waals surface area (Å²) in [6.07, 6.45) is 4.88. The molecule has 3 aromatic rings. The highest BCUT2D eigenvalue weighted by Crippen LogP contribution is 2.23. The van der Waals surface area contributed by atoms with Crippen LogP contribution in [-0.4, -0.2) is 51.7 Å². The first kappa shape index (κ1) is 23.7. The molecule has 1 aliphatic heterocycles. The zero-order chi connectivity index (χ0) is 23.8. The lowest BCUT2D eigenvalue weighted by Gasteiger charge is -2.31. The smallest absolute Gasteiger partial charge is 0.415 e. The van der Waals surface area contributed by atoms with Gasteiger partial charge in [-0.15, -0.1) is 0 Å². The van der Waals surface area contributed by atoms with E-state index in [1.807, 2.05) is 24.3 Å². The molecule has 0 unspecified atom stereocenters. The van der Waals surface area contributed by atoms with Gasteiger partial charge >= 0.3 is 12.1 Å². The standard InChI is InChI=1S/C25H27N3O5S/c29-23(30)15-18-1-5-21(6-2-18)32-16-19-9-13-28(14-10-19)25(31)33-22-7-3-20(4-8-22)17-34-24-26-11-12-27-24/h1-8,11-12,19H,9-10,13-17H2,(H,26,27)(H,29,30). The number of benzene rings is 2. The number of hydrogen-bond donors (Lipinski definition) is 2. The minimum absolute atomic E-state index is 0.00381. The summed E-state index contributed by atoms with van der Waals surface area (Å²) in [5.41, 5.74) is 1.87. The molecule has 1 amide bonds. The second-order valence-corrected chi connectivity index (χ2v) is 9.11. The monoisotopic (exact) mass is 481 g/mol. The highest BCUT2D eigenvalue weighted by Gasteiger charge is 2.24. The van der Waals surface area contributed by atoms with Crippen molar-refractivity contribution in [2.45, 2.75) is 30.2 Å². The number of aliphatic carboxylic acids is 1. The van der Waals surface area contributed by atoms with Gasteiger partial charge < -0.3 is 24.5 Å². The summed E-state index contributed by atoms with van der Waals surface area (Å²) >= 11 is 1.61. The number of aromatic amines is 1. The molecule has 1 aliphatic rings. The van der Waals surface area contributed by atoms with E-state index in [0.29, 0.717) is 31.4 Å². The van der Waals surface area contributed by atoms with E-state index in [4.69, 9.17) is 14.6 Å². The SMILES string of the molecule is O=C(O)Cc1ccc(OCC2CCN(C(=O)Oc3ccc(CSc4ncc[nH]4)cc3)CC2)cc1. The average molecular weight is 482 g/mol. The zero-order valence-corrected chi connectivity index (χ0v) is 19.5. The predicted octanol–water partition coefficient (Wildman–Crippen LogP) is 4.62. The van der Waals surface area contributed by atoms with Crippen molar-refractivity contribution in [1.82, 2.24) is 14.9 Å². The number of hydrogen-bond acceptors (Lipinski definition) is 6. The number of aromatic nitrogens is 2. The normalized spacial score (nSPS) is 14.1. The number of carboxylic acid groups (broad SMARTS) is 1. The van der Waals surface area contributed by atoms with E-state index < -0.39 is 5.97 Å². The van der Waals surface area contributed by atoms with Crippen molar-refractivity contribution in [3.05, 3.63) is 72.1 Å². The Morgan fingerprint density at radius 1 is 1.03 bits per heavy atom. The number of ether oxygens (including phenoxy) is 2. The van der Waals surface area contributed by atoms with E-state index in [2.05, 4.69) is 9.97 Å². The topological polar surface area (TPSA) is 105 Å². The number of piperidine rings is 1. The number of nitrogens with zero attached hydrogens (tertiary/aromatic N) is 2. The molecule has 1 aromatic heterocycles. The fourth-order valence-corrected chi connectivity index (χ4v) is 4.46. The summed E-state index contributed by atoms with van der Waals surface area (Å²) in [5.74, 6) is 1.55. The Morgan fingerprint density at radius 3 is 2.35 bits per heavy atom. The predicted molar refractivity (Wildman–Crippen MR) is 128 cm³/mol. The summed E-state index contributed by atoms with van der Waals surface area (Å²) in [5, 5.41) is 9.71. The minimum atomic E-state index is -0.851. The van der Waals surface area contributed by atoms with Crippen LogP contribution in [0.15, 0.2) is 66.1 Å². The van der Waals surface area contributed by atoms with Crippen LogP contribution in [0.4, 0.5) is 4.79 Å². The molecular weight excluding hydrogens is 454 g/mol. The van der Waals surface area contributed by atoms with Crippen LogP contribution >= 0.6 is 11.8 Å². The van der Waals surface area contributed by atoms with Crippen molar-refractivity contribution in [2.24, 2.45) is 5.92 Å². The van der Waals surface area contributed by atoms with Crippen molar-refractivity contribution >= 4 is 23.8 Å². The van der Waals surface area contributed by atoms with Gasteiger partial charge in [0.1, 0.15) is 11.5 Å². The Balaban J connectivity index is 1.16. The molecule has 9 heteroatoms. The van der Waals surface area contributed by atoms with Crippen molar-refractivity contribution in [2.75, 3.05) is 19.7 Å². The molecule has 178 valence electrons. The van der Waals surface area contributed by atoms with Crippen LogP contribution in [0.5, 0.6) is 11.5 Å². The Morgan fingerprint density at radius 2 is 1.71 bits per heavy atom. The van der Waals surface area contributed by atoms with E-state index in [-0.39, 0.29) is 12.5 Å². The molecule has 0 saturated carbocycles. The minimum Gasteiger partial charge on any atom is -0.493 e. The maximum atomic E-state index is 12.5. The fourth-order valence-electron chi connectivity index (χ4n) is 3.67. The Bertz CT molecular complexity index is 1060. The quantitative estimate of drug-likeness (QED) is 0.430. The summed E-state index contributed by atoms with van der Waals surface area (Å²) in [6.45, 7) is 1.82. The number of nitrogens with one attached hydrogen (secondary N) is 1. The van der Waals surface area contributed by atoms with E-state index in [1.165, 1.54) is 0 Å². The molecule has 2 aromatic carbocycles. The lowest BCUT2D eigenvalue weighted by Crippen LogP contribution is -2.41. The molecular formula is C25H27N3O5S. The number of rotatable bonds is 9. The largest absolute Gasteiger partial charge is 0.493 e. The maximum absolute atomic E-state index is 12.5. The molecule has 1 saturated heterocycles. The molecule has 1 fully saturated rings. The van der Waals surface area contributed by atoms with Gasteiger partial charge in [-0.2, -0.15) is 0 Å². The van der Waals surface area contributed by atoms with Crippen molar-refractivity contribution < 1.29 is 24.2 Å². The van der Waals surface area contributed by atoms with Crippen LogP contribution in [0.3, 0.4) is 0 Å².